The first-order valence-electron chi connectivity index (χ1n) is 34.4. The monoisotopic (exact) mass is 1080 g/mol. The third kappa shape index (κ3) is 62.9. The minimum atomic E-state index is -0.671. The van der Waals surface area contributed by atoms with Gasteiger partial charge >= 0.3 is 5.97 Å². The molecule has 0 spiro atoms. The molecule has 6 nitrogen and oxygen atoms in total. The minimum Gasteiger partial charge on any atom is -0.465 e. The Kier molecular flexibility index (Phi) is 64.5. The zero-order valence-corrected chi connectivity index (χ0v) is 51.7. The van der Waals surface area contributed by atoms with E-state index in [-0.39, 0.29) is 18.5 Å². The van der Waals surface area contributed by atoms with Crippen LogP contribution in [0.1, 0.15) is 367 Å². The maximum absolute atomic E-state index is 12.6. The molecule has 0 aromatic heterocycles. The third-order valence-corrected chi connectivity index (χ3v) is 15.9. The molecule has 2 atom stereocenters. The van der Waals surface area contributed by atoms with Crippen LogP contribution in [0, 0.1) is 0 Å². The summed E-state index contributed by atoms with van der Waals surface area (Å²) >= 11 is 0. The fourth-order valence-electron chi connectivity index (χ4n) is 10.6. The van der Waals surface area contributed by atoms with Crippen molar-refractivity contribution in [1.82, 2.24) is 5.32 Å². The lowest BCUT2D eigenvalue weighted by atomic mass is 10.0. The number of hydrogen-bond acceptors (Lipinski definition) is 5. The van der Waals surface area contributed by atoms with Crippen LogP contribution >= 0.6 is 0 Å². The molecule has 0 aromatic rings. The van der Waals surface area contributed by atoms with Crippen molar-refractivity contribution >= 4 is 11.9 Å². The second-order valence-electron chi connectivity index (χ2n) is 23.5. The van der Waals surface area contributed by atoms with Crippen LogP contribution in [0.4, 0.5) is 0 Å². The molecule has 0 heterocycles. The van der Waals surface area contributed by atoms with Crippen molar-refractivity contribution < 1.29 is 24.5 Å². The van der Waals surface area contributed by atoms with Crippen molar-refractivity contribution in [2.75, 3.05) is 13.2 Å². The maximum Gasteiger partial charge on any atom is 0.305 e. The molecule has 0 bridgehead atoms. The Hall–Kier alpha value is -2.18. The Morgan fingerprint density at radius 3 is 1.01 bits per heavy atom. The molecule has 452 valence electrons. The summed E-state index contributed by atoms with van der Waals surface area (Å²) in [6, 6.07) is -0.548. The van der Waals surface area contributed by atoms with Gasteiger partial charge in [0, 0.05) is 12.8 Å². The van der Waals surface area contributed by atoms with Crippen molar-refractivity contribution in [1.29, 1.82) is 0 Å². The first kappa shape index (κ1) is 74.8. The van der Waals surface area contributed by atoms with Crippen LogP contribution in [-0.4, -0.2) is 47.4 Å². The van der Waals surface area contributed by atoms with Gasteiger partial charge < -0.3 is 20.3 Å². The number of hydrogen-bond donors (Lipinski definition) is 3. The second-order valence-corrected chi connectivity index (χ2v) is 23.5. The Morgan fingerprint density at radius 1 is 0.364 bits per heavy atom. The van der Waals surface area contributed by atoms with Crippen molar-refractivity contribution in [3.05, 3.63) is 48.6 Å². The number of aliphatic hydroxyl groups excluding tert-OH is 2. The molecule has 0 aliphatic rings. The van der Waals surface area contributed by atoms with E-state index in [0.717, 1.165) is 64.2 Å². The number of allylic oxidation sites excluding steroid dienone is 7. The van der Waals surface area contributed by atoms with Crippen molar-refractivity contribution in [2.45, 2.75) is 379 Å². The first-order valence-corrected chi connectivity index (χ1v) is 34.4. The normalized spacial score (nSPS) is 12.8. The van der Waals surface area contributed by atoms with Crippen LogP contribution in [0.5, 0.6) is 0 Å². The number of nitrogens with one attached hydrogen (secondary N) is 1. The second kappa shape index (κ2) is 66.3. The summed E-state index contributed by atoms with van der Waals surface area (Å²) in [5, 5.41) is 23.4. The van der Waals surface area contributed by atoms with E-state index in [9.17, 15) is 19.8 Å². The van der Waals surface area contributed by atoms with Crippen LogP contribution < -0.4 is 5.32 Å². The fourth-order valence-corrected chi connectivity index (χ4v) is 10.6. The van der Waals surface area contributed by atoms with E-state index in [1.165, 1.54) is 270 Å². The SMILES string of the molecule is CCCCC/C=C\C/C=C\CCCCCCCC(=O)OCC/C=C\C/C=C\CCCCCCCCCCCCCCCCC(=O)NC(CO)C(O)CCCCCCCCCCCCCCCCCCCCCCCCCC. The lowest BCUT2D eigenvalue weighted by molar-refractivity contribution is -0.143. The number of amides is 1. The van der Waals surface area contributed by atoms with Gasteiger partial charge in [-0.1, -0.05) is 326 Å². The number of aliphatic hydroxyl groups is 2. The van der Waals surface area contributed by atoms with E-state index in [4.69, 9.17) is 4.74 Å². The molecule has 0 fully saturated rings. The van der Waals surface area contributed by atoms with Crippen molar-refractivity contribution in [3.8, 4) is 0 Å². The van der Waals surface area contributed by atoms with Gasteiger partial charge in [-0.15, -0.1) is 0 Å². The predicted octanol–water partition coefficient (Wildman–Crippen LogP) is 22.1. The molecule has 6 heteroatoms. The summed E-state index contributed by atoms with van der Waals surface area (Å²) in [5.41, 5.74) is 0. The summed E-state index contributed by atoms with van der Waals surface area (Å²) in [4.78, 5) is 24.6. The number of rotatable bonds is 64. The minimum absolute atomic E-state index is 0.0365. The van der Waals surface area contributed by atoms with E-state index in [2.05, 4.69) is 67.8 Å². The summed E-state index contributed by atoms with van der Waals surface area (Å²) in [5.74, 6) is -0.0854. The Bertz CT molecular complexity index is 1290. The van der Waals surface area contributed by atoms with Crippen LogP contribution in [0.15, 0.2) is 48.6 Å². The smallest absolute Gasteiger partial charge is 0.305 e. The quantitative estimate of drug-likeness (QED) is 0.0320. The molecule has 2 unspecified atom stereocenters. The highest BCUT2D eigenvalue weighted by atomic mass is 16.5. The van der Waals surface area contributed by atoms with Gasteiger partial charge in [0.15, 0.2) is 0 Å². The zero-order valence-electron chi connectivity index (χ0n) is 51.7. The molecular weight excluding hydrogens is 947 g/mol. The summed E-state index contributed by atoms with van der Waals surface area (Å²) < 4.78 is 5.41. The number of esters is 1. The molecule has 0 aliphatic carbocycles. The van der Waals surface area contributed by atoms with Gasteiger partial charge in [-0.3, -0.25) is 9.59 Å². The first-order chi connectivity index (χ1) is 38.0. The van der Waals surface area contributed by atoms with Gasteiger partial charge in [-0.05, 0) is 77.0 Å². The largest absolute Gasteiger partial charge is 0.465 e. The number of carbonyl (C=O) groups excluding carboxylic acids is 2. The lowest BCUT2D eigenvalue weighted by Gasteiger charge is -2.22. The standard InChI is InChI=1S/C71H133NO5/c1-3-5-7-9-11-13-15-17-19-20-21-22-23-24-26-29-32-36-39-43-47-51-55-59-63-69(74)68(67-73)72-70(75)64-60-56-52-48-44-40-37-33-30-27-25-28-31-34-38-42-46-50-54-58-62-66-77-71(76)65-61-57-53-49-45-41-35-18-16-14-12-10-8-6-4-2/h12,14,18,35,42,46,54,58,68-69,73-74H,3-11,13,15-17,19-34,36-41,43-45,47-53,55-57,59-67H2,1-2H3,(H,72,75)/b14-12-,35-18-,46-42-,58-54-. The molecule has 0 aliphatic heterocycles. The average Bonchev–Trinajstić information content (AvgIpc) is 3.43. The highest BCUT2D eigenvalue weighted by Gasteiger charge is 2.20. The van der Waals surface area contributed by atoms with Gasteiger partial charge in [0.05, 0.1) is 25.4 Å². The van der Waals surface area contributed by atoms with E-state index < -0.39 is 12.1 Å². The third-order valence-electron chi connectivity index (χ3n) is 15.9. The van der Waals surface area contributed by atoms with Crippen molar-refractivity contribution in [2.24, 2.45) is 0 Å². The van der Waals surface area contributed by atoms with Gasteiger partial charge in [-0.25, -0.2) is 0 Å². The highest BCUT2D eigenvalue weighted by molar-refractivity contribution is 5.76. The predicted molar refractivity (Wildman–Crippen MR) is 338 cm³/mol. The van der Waals surface area contributed by atoms with Gasteiger partial charge in [0.25, 0.3) is 0 Å². The molecule has 3 N–H and O–H groups in total. The topological polar surface area (TPSA) is 95.9 Å². The summed E-state index contributed by atoms with van der Waals surface area (Å²) in [6.07, 6.45) is 85.9. The summed E-state index contributed by atoms with van der Waals surface area (Å²) in [6.45, 7) is 4.84. The highest BCUT2D eigenvalue weighted by Crippen LogP contribution is 2.18. The Balaban J connectivity index is 3.45. The van der Waals surface area contributed by atoms with E-state index >= 15 is 0 Å². The Morgan fingerprint density at radius 2 is 0.649 bits per heavy atom. The lowest BCUT2D eigenvalue weighted by Crippen LogP contribution is -2.45. The molecule has 0 rings (SSSR count). The summed E-state index contributed by atoms with van der Waals surface area (Å²) in [7, 11) is 0. The van der Waals surface area contributed by atoms with Crippen LogP contribution in [0.25, 0.3) is 0 Å². The number of carbonyl (C=O) groups is 2. The van der Waals surface area contributed by atoms with E-state index in [0.29, 0.717) is 25.9 Å². The zero-order chi connectivity index (χ0) is 55.7. The van der Waals surface area contributed by atoms with Crippen LogP contribution in [-0.2, 0) is 14.3 Å². The average molecular weight is 1080 g/mol. The molecule has 0 saturated carbocycles. The molecule has 0 saturated heterocycles. The molecule has 0 radical (unpaired) electrons. The van der Waals surface area contributed by atoms with E-state index in [1.807, 2.05) is 0 Å². The van der Waals surface area contributed by atoms with Crippen LogP contribution in [0.3, 0.4) is 0 Å². The number of ether oxygens (including phenoxy) is 1. The molecule has 0 aromatic carbocycles. The Labute approximate surface area is 480 Å². The molecule has 1 amide bonds. The van der Waals surface area contributed by atoms with E-state index in [1.54, 1.807) is 0 Å². The molecular formula is C71H133NO5. The maximum atomic E-state index is 12.6. The fraction of sp³-hybridized carbons (Fsp3) is 0.859. The molecule has 77 heavy (non-hydrogen) atoms. The van der Waals surface area contributed by atoms with Gasteiger partial charge in [0.1, 0.15) is 0 Å². The van der Waals surface area contributed by atoms with Gasteiger partial charge in [0.2, 0.25) is 5.91 Å². The van der Waals surface area contributed by atoms with Crippen LogP contribution in [0.2, 0.25) is 0 Å². The van der Waals surface area contributed by atoms with Crippen molar-refractivity contribution in [3.63, 3.8) is 0 Å². The van der Waals surface area contributed by atoms with Gasteiger partial charge in [-0.2, -0.15) is 0 Å². The number of unbranched alkanes of at least 4 members (excludes halogenated alkanes) is 45.